The number of rotatable bonds is 9. The highest BCUT2D eigenvalue weighted by molar-refractivity contribution is 5.99. The summed E-state index contributed by atoms with van der Waals surface area (Å²) in [6.45, 7) is 2.05. The van der Waals surface area contributed by atoms with Gasteiger partial charge >= 0.3 is 0 Å². The van der Waals surface area contributed by atoms with E-state index in [1.54, 1.807) is 19.2 Å². The van der Waals surface area contributed by atoms with Crippen molar-refractivity contribution in [1.29, 1.82) is 10.5 Å². The van der Waals surface area contributed by atoms with E-state index in [4.69, 9.17) is 11.6 Å². The third-order valence-corrected chi connectivity index (χ3v) is 6.22. The molecule has 10 heteroatoms. The lowest BCUT2D eigenvalue weighted by atomic mass is 10.0. The van der Waals surface area contributed by atoms with E-state index in [0.29, 0.717) is 44.7 Å². The molecule has 2 aromatic heterocycles. The number of nitrogens with two attached hydrogens (primary N) is 2. The van der Waals surface area contributed by atoms with E-state index in [0.717, 1.165) is 12.0 Å². The summed E-state index contributed by atoms with van der Waals surface area (Å²) in [5.74, 6) is 5.17. The second-order valence-corrected chi connectivity index (χ2v) is 8.99. The van der Waals surface area contributed by atoms with E-state index in [1.165, 1.54) is 29.7 Å². The molecule has 0 amide bonds. The summed E-state index contributed by atoms with van der Waals surface area (Å²) in [5, 5.41) is 28.6. The van der Waals surface area contributed by atoms with Crippen LogP contribution in [0, 0.1) is 28.6 Å². The van der Waals surface area contributed by atoms with Gasteiger partial charge in [-0.05, 0) is 35.7 Å². The van der Waals surface area contributed by atoms with Crippen molar-refractivity contribution in [3.8, 4) is 12.1 Å². The van der Waals surface area contributed by atoms with Crippen molar-refractivity contribution in [2.24, 2.45) is 11.6 Å². The van der Waals surface area contributed by atoms with Crippen LogP contribution in [-0.2, 0) is 0 Å². The number of hydrazine groups is 1. The minimum absolute atomic E-state index is 0.0808. The fourth-order valence-electron chi connectivity index (χ4n) is 4.39. The SMILES string of the molecule is CCC(Nc1c(C#N)cnc2c(C#N)cc(NC(/C(N)=C/N(C)N)c3ccc(F)nc3)cc12)c1ccccc1. The number of nitrogens with zero attached hydrogens (tertiary/aromatic N) is 5. The predicted octanol–water partition coefficient (Wildman–Crippen LogP) is 4.83. The first-order valence-corrected chi connectivity index (χ1v) is 12.3. The van der Waals surface area contributed by atoms with Gasteiger partial charge in [-0.15, -0.1) is 0 Å². The molecule has 2 unspecified atom stereocenters. The zero-order valence-corrected chi connectivity index (χ0v) is 21.6. The standard InChI is InChI=1S/C29H28FN9/c1-3-25(18-7-5-4-6-8-18)38-28-21(14-32)16-36-27-20(13-31)11-22(12-23(27)28)37-29(24(33)17-39(2)34)19-9-10-26(30)35-15-19/h4-12,15-17,25,29,37H,3,33-34H2,1-2H3,(H,36,38)/b24-17-. The third-order valence-electron chi connectivity index (χ3n) is 6.22. The summed E-state index contributed by atoms with van der Waals surface area (Å²) in [6, 6.07) is 19.9. The number of hydrogen-bond acceptors (Lipinski definition) is 9. The Kier molecular flexibility index (Phi) is 8.20. The normalized spacial score (nSPS) is 12.7. The highest BCUT2D eigenvalue weighted by atomic mass is 19.1. The quantitative estimate of drug-likeness (QED) is 0.138. The van der Waals surface area contributed by atoms with Crippen molar-refractivity contribution in [3.63, 3.8) is 0 Å². The molecule has 0 aliphatic heterocycles. The Bertz CT molecular complexity index is 1570. The maximum absolute atomic E-state index is 13.6. The van der Waals surface area contributed by atoms with E-state index in [-0.39, 0.29) is 6.04 Å². The molecule has 0 aliphatic rings. The number of nitriles is 2. The summed E-state index contributed by atoms with van der Waals surface area (Å²) < 4.78 is 13.6. The highest BCUT2D eigenvalue weighted by Crippen LogP contribution is 2.35. The molecule has 4 aromatic rings. The minimum atomic E-state index is -0.649. The number of anilines is 2. The molecular weight excluding hydrogens is 493 g/mol. The van der Waals surface area contributed by atoms with Crippen molar-refractivity contribution >= 4 is 22.3 Å². The van der Waals surface area contributed by atoms with Crippen LogP contribution in [0.3, 0.4) is 0 Å². The average Bonchev–Trinajstić information content (AvgIpc) is 2.94. The highest BCUT2D eigenvalue weighted by Gasteiger charge is 2.20. The van der Waals surface area contributed by atoms with Crippen LogP contribution in [-0.4, -0.2) is 22.0 Å². The van der Waals surface area contributed by atoms with Gasteiger partial charge < -0.3 is 21.4 Å². The maximum Gasteiger partial charge on any atom is 0.212 e. The topological polar surface area (TPSA) is 153 Å². The molecule has 0 saturated carbocycles. The van der Waals surface area contributed by atoms with Gasteiger partial charge in [0.2, 0.25) is 5.95 Å². The average molecular weight is 522 g/mol. The summed E-state index contributed by atoms with van der Waals surface area (Å²) >= 11 is 0. The van der Waals surface area contributed by atoms with Gasteiger partial charge in [0.1, 0.15) is 12.1 Å². The first kappa shape index (κ1) is 26.9. The Balaban J connectivity index is 1.85. The number of fused-ring (bicyclic) bond motifs is 1. The summed E-state index contributed by atoms with van der Waals surface area (Å²) in [4.78, 5) is 8.18. The minimum Gasteiger partial charge on any atom is -0.399 e. The van der Waals surface area contributed by atoms with Crippen molar-refractivity contribution in [2.45, 2.75) is 25.4 Å². The molecule has 0 spiro atoms. The second kappa shape index (κ2) is 11.9. The molecule has 4 rings (SSSR count). The van der Waals surface area contributed by atoms with Crippen LogP contribution in [0.5, 0.6) is 0 Å². The van der Waals surface area contributed by atoms with Crippen LogP contribution in [0.1, 0.15) is 47.7 Å². The van der Waals surface area contributed by atoms with E-state index >= 15 is 0 Å². The first-order valence-electron chi connectivity index (χ1n) is 12.3. The van der Waals surface area contributed by atoms with Crippen molar-refractivity contribution in [2.75, 3.05) is 17.7 Å². The Morgan fingerprint density at radius 2 is 1.77 bits per heavy atom. The molecule has 0 aliphatic carbocycles. The molecule has 6 N–H and O–H groups in total. The van der Waals surface area contributed by atoms with Crippen LogP contribution in [0.15, 0.2) is 78.9 Å². The molecule has 2 aromatic carbocycles. The van der Waals surface area contributed by atoms with E-state index in [9.17, 15) is 14.9 Å². The van der Waals surface area contributed by atoms with Gasteiger partial charge in [-0.25, -0.2) is 10.8 Å². The zero-order chi connectivity index (χ0) is 27.9. The van der Waals surface area contributed by atoms with Gasteiger partial charge in [0.25, 0.3) is 0 Å². The van der Waals surface area contributed by atoms with Crippen molar-refractivity contribution in [3.05, 3.63) is 107 Å². The van der Waals surface area contributed by atoms with Gasteiger partial charge in [0, 0.05) is 36.7 Å². The van der Waals surface area contributed by atoms with E-state index < -0.39 is 12.0 Å². The molecule has 0 fully saturated rings. The molecular formula is C29H28FN9. The van der Waals surface area contributed by atoms with E-state index in [2.05, 4.69) is 39.7 Å². The van der Waals surface area contributed by atoms with Gasteiger partial charge in [-0.3, -0.25) is 4.98 Å². The number of benzene rings is 2. The Morgan fingerprint density at radius 1 is 1.03 bits per heavy atom. The Labute approximate surface area is 226 Å². The Hall–Kier alpha value is -5.19. The van der Waals surface area contributed by atoms with Crippen LogP contribution >= 0.6 is 0 Å². The lowest BCUT2D eigenvalue weighted by Crippen LogP contribution is -2.25. The number of aromatic nitrogens is 2. The third kappa shape index (κ3) is 6.04. The summed E-state index contributed by atoms with van der Waals surface area (Å²) in [6.07, 6.45) is 5.14. The Morgan fingerprint density at radius 3 is 2.38 bits per heavy atom. The van der Waals surface area contributed by atoms with Gasteiger partial charge in [-0.1, -0.05) is 43.3 Å². The van der Waals surface area contributed by atoms with Gasteiger partial charge in [-0.2, -0.15) is 14.9 Å². The second-order valence-electron chi connectivity index (χ2n) is 8.99. The summed E-state index contributed by atoms with van der Waals surface area (Å²) in [7, 11) is 1.63. The molecule has 0 radical (unpaired) electrons. The zero-order valence-electron chi connectivity index (χ0n) is 21.6. The lowest BCUT2D eigenvalue weighted by molar-refractivity contribution is 0.476. The van der Waals surface area contributed by atoms with Gasteiger partial charge in [0.15, 0.2) is 0 Å². The first-order chi connectivity index (χ1) is 18.8. The molecule has 2 heterocycles. The lowest BCUT2D eigenvalue weighted by Gasteiger charge is -2.24. The van der Waals surface area contributed by atoms with Crippen molar-refractivity contribution < 1.29 is 4.39 Å². The molecule has 0 bridgehead atoms. The summed E-state index contributed by atoms with van der Waals surface area (Å²) in [5.41, 5.74) is 10.6. The smallest absolute Gasteiger partial charge is 0.212 e. The van der Waals surface area contributed by atoms with Crippen LogP contribution in [0.25, 0.3) is 10.9 Å². The fraction of sp³-hybridized carbons (Fsp3) is 0.172. The maximum atomic E-state index is 13.6. The van der Waals surface area contributed by atoms with Gasteiger partial charge in [0.05, 0.1) is 40.1 Å². The fourth-order valence-corrected chi connectivity index (χ4v) is 4.39. The number of nitrogens with one attached hydrogen (secondary N) is 2. The molecule has 2 atom stereocenters. The van der Waals surface area contributed by atoms with E-state index in [1.807, 2.05) is 36.4 Å². The van der Waals surface area contributed by atoms with Crippen LogP contribution < -0.4 is 22.2 Å². The predicted molar refractivity (Wildman–Crippen MR) is 149 cm³/mol. The molecule has 0 saturated heterocycles. The van der Waals surface area contributed by atoms with Crippen LogP contribution in [0.4, 0.5) is 15.8 Å². The van der Waals surface area contributed by atoms with Crippen LogP contribution in [0.2, 0.25) is 0 Å². The largest absolute Gasteiger partial charge is 0.399 e. The monoisotopic (exact) mass is 521 g/mol. The molecule has 196 valence electrons. The number of hydrogen-bond donors (Lipinski definition) is 4. The molecule has 9 nitrogen and oxygen atoms in total. The number of pyridine rings is 2. The number of halogens is 1. The molecule has 39 heavy (non-hydrogen) atoms. The van der Waals surface area contributed by atoms with Crippen molar-refractivity contribution in [1.82, 2.24) is 15.0 Å².